The Balaban J connectivity index is 1.70. The summed E-state index contributed by atoms with van der Waals surface area (Å²) in [5.74, 6) is 0.852. The van der Waals surface area contributed by atoms with E-state index in [1.54, 1.807) is 11.3 Å². The second-order valence-electron chi connectivity index (χ2n) is 5.85. The zero-order valence-corrected chi connectivity index (χ0v) is 16.0. The van der Waals surface area contributed by atoms with Crippen molar-refractivity contribution in [2.75, 3.05) is 20.1 Å². The lowest BCUT2D eigenvalue weighted by Gasteiger charge is -2.11. The number of aromatic nitrogens is 1. The molecule has 0 saturated carbocycles. The van der Waals surface area contributed by atoms with Crippen molar-refractivity contribution in [3.8, 4) is 0 Å². The molecule has 0 bridgehead atoms. The Morgan fingerprint density at radius 2 is 1.67 bits per heavy atom. The molecule has 0 fully saturated rings. The minimum absolute atomic E-state index is 0.845. The van der Waals surface area contributed by atoms with E-state index in [4.69, 9.17) is 0 Å². The summed E-state index contributed by atoms with van der Waals surface area (Å²) in [6.45, 7) is 8.09. The molecular formula is C19H28N4S. The van der Waals surface area contributed by atoms with Crippen LogP contribution in [0, 0.1) is 13.8 Å². The summed E-state index contributed by atoms with van der Waals surface area (Å²) in [5, 5.41) is 7.91. The van der Waals surface area contributed by atoms with Crippen molar-refractivity contribution in [3.63, 3.8) is 0 Å². The first-order valence-corrected chi connectivity index (χ1v) is 9.39. The molecule has 0 radical (unpaired) electrons. The number of thiazole rings is 1. The van der Waals surface area contributed by atoms with E-state index < -0.39 is 0 Å². The molecule has 0 amide bonds. The molecule has 0 unspecified atom stereocenters. The average molecular weight is 345 g/mol. The third-order valence-corrected chi connectivity index (χ3v) is 5.20. The highest BCUT2D eigenvalue weighted by Crippen LogP contribution is 2.16. The van der Waals surface area contributed by atoms with Gasteiger partial charge in [0.25, 0.3) is 0 Å². The van der Waals surface area contributed by atoms with E-state index >= 15 is 0 Å². The van der Waals surface area contributed by atoms with Crippen LogP contribution in [0.1, 0.15) is 33.6 Å². The maximum absolute atomic E-state index is 4.57. The van der Waals surface area contributed by atoms with Gasteiger partial charge in [0, 0.05) is 31.4 Å². The molecule has 0 saturated heterocycles. The first-order valence-electron chi connectivity index (χ1n) is 8.57. The molecule has 0 aliphatic heterocycles. The van der Waals surface area contributed by atoms with Gasteiger partial charge < -0.3 is 10.6 Å². The summed E-state index contributed by atoms with van der Waals surface area (Å²) in [5.41, 5.74) is 3.88. The van der Waals surface area contributed by atoms with Gasteiger partial charge in [0.2, 0.25) is 0 Å². The van der Waals surface area contributed by atoms with Crippen LogP contribution in [0.4, 0.5) is 0 Å². The van der Waals surface area contributed by atoms with Crippen LogP contribution >= 0.6 is 11.3 Å². The molecule has 2 N–H and O–H groups in total. The molecule has 130 valence electrons. The van der Waals surface area contributed by atoms with Gasteiger partial charge in [0.1, 0.15) is 0 Å². The monoisotopic (exact) mass is 344 g/mol. The predicted octanol–water partition coefficient (Wildman–Crippen LogP) is 3.27. The number of aliphatic imine (C=N–C) groups is 1. The van der Waals surface area contributed by atoms with Gasteiger partial charge in [-0.2, -0.15) is 0 Å². The van der Waals surface area contributed by atoms with Crippen LogP contribution in [0.15, 0.2) is 29.3 Å². The summed E-state index contributed by atoms with van der Waals surface area (Å²) in [4.78, 5) is 10.2. The molecule has 24 heavy (non-hydrogen) atoms. The van der Waals surface area contributed by atoms with Gasteiger partial charge in [0.15, 0.2) is 5.96 Å². The highest BCUT2D eigenvalue weighted by Gasteiger charge is 2.04. The Morgan fingerprint density at radius 3 is 2.21 bits per heavy atom. The highest BCUT2D eigenvalue weighted by atomic mass is 32.1. The first kappa shape index (κ1) is 18.5. The Kier molecular flexibility index (Phi) is 7.25. The summed E-state index contributed by atoms with van der Waals surface area (Å²) >= 11 is 1.78. The van der Waals surface area contributed by atoms with Crippen molar-refractivity contribution in [1.82, 2.24) is 15.6 Å². The van der Waals surface area contributed by atoms with Gasteiger partial charge in [-0.05, 0) is 37.8 Å². The van der Waals surface area contributed by atoms with Gasteiger partial charge in [-0.1, -0.05) is 31.2 Å². The molecule has 0 spiro atoms. The Labute approximate surface area is 149 Å². The van der Waals surface area contributed by atoms with Crippen LogP contribution in [0.5, 0.6) is 0 Å². The van der Waals surface area contributed by atoms with Crippen molar-refractivity contribution in [2.24, 2.45) is 4.99 Å². The normalized spacial score (nSPS) is 11.6. The van der Waals surface area contributed by atoms with E-state index in [1.165, 1.54) is 21.0 Å². The van der Waals surface area contributed by atoms with Gasteiger partial charge in [-0.25, -0.2) is 4.98 Å². The number of aryl methyl sites for hydroxylation is 3. The number of hydrogen-bond donors (Lipinski definition) is 2. The minimum atomic E-state index is 0.845. The van der Waals surface area contributed by atoms with Crippen molar-refractivity contribution in [2.45, 2.75) is 40.0 Å². The van der Waals surface area contributed by atoms with E-state index in [0.29, 0.717) is 0 Å². The standard InChI is InChI=1S/C19H28N4S/c1-5-16-6-8-17(9-7-16)10-12-21-19(20-4)22-13-11-18-23-14(2)15(3)24-18/h6-9H,5,10-13H2,1-4H3,(H2,20,21,22). The van der Waals surface area contributed by atoms with Crippen LogP contribution in [0.2, 0.25) is 0 Å². The van der Waals surface area contributed by atoms with Crippen LogP contribution in [0.25, 0.3) is 0 Å². The molecule has 2 rings (SSSR count). The largest absolute Gasteiger partial charge is 0.356 e. The fourth-order valence-corrected chi connectivity index (χ4v) is 3.35. The lowest BCUT2D eigenvalue weighted by atomic mass is 10.1. The molecule has 1 heterocycles. The zero-order chi connectivity index (χ0) is 17.4. The maximum atomic E-state index is 4.57. The van der Waals surface area contributed by atoms with E-state index in [9.17, 15) is 0 Å². The number of benzene rings is 1. The molecule has 1 aromatic heterocycles. The number of guanidine groups is 1. The fraction of sp³-hybridized carbons (Fsp3) is 0.474. The summed E-state index contributed by atoms with van der Waals surface area (Å²) in [7, 11) is 1.81. The average Bonchev–Trinajstić information content (AvgIpc) is 2.92. The number of rotatable bonds is 7. The number of nitrogens with one attached hydrogen (secondary N) is 2. The van der Waals surface area contributed by atoms with Crippen LogP contribution in [-0.4, -0.2) is 31.1 Å². The molecule has 0 atom stereocenters. The van der Waals surface area contributed by atoms with Crippen molar-refractivity contribution < 1.29 is 0 Å². The summed E-state index contributed by atoms with van der Waals surface area (Å²) < 4.78 is 0. The zero-order valence-electron chi connectivity index (χ0n) is 15.1. The van der Waals surface area contributed by atoms with Gasteiger partial charge in [-0.3, -0.25) is 4.99 Å². The second-order valence-corrected chi connectivity index (χ2v) is 7.13. The van der Waals surface area contributed by atoms with E-state index in [-0.39, 0.29) is 0 Å². The lowest BCUT2D eigenvalue weighted by molar-refractivity contribution is 0.781. The maximum Gasteiger partial charge on any atom is 0.191 e. The third-order valence-electron chi connectivity index (χ3n) is 4.07. The summed E-state index contributed by atoms with van der Waals surface area (Å²) in [6.07, 6.45) is 3.02. The fourth-order valence-electron chi connectivity index (χ4n) is 2.42. The van der Waals surface area contributed by atoms with Gasteiger partial charge in [0.05, 0.1) is 10.7 Å². The SMILES string of the molecule is CCc1ccc(CCNC(=NC)NCCc2nc(C)c(C)s2)cc1. The van der Waals surface area contributed by atoms with E-state index in [0.717, 1.165) is 44.0 Å². The number of nitrogens with zero attached hydrogens (tertiary/aromatic N) is 2. The predicted molar refractivity (Wildman–Crippen MR) is 104 cm³/mol. The van der Waals surface area contributed by atoms with Crippen LogP contribution in [-0.2, 0) is 19.3 Å². The van der Waals surface area contributed by atoms with E-state index in [1.807, 2.05) is 7.05 Å². The topological polar surface area (TPSA) is 49.3 Å². The van der Waals surface area contributed by atoms with Crippen LogP contribution < -0.4 is 10.6 Å². The van der Waals surface area contributed by atoms with Crippen molar-refractivity contribution in [1.29, 1.82) is 0 Å². The molecular weight excluding hydrogens is 316 g/mol. The van der Waals surface area contributed by atoms with Crippen molar-refractivity contribution >= 4 is 17.3 Å². The molecule has 2 aromatic rings. The van der Waals surface area contributed by atoms with Gasteiger partial charge in [-0.15, -0.1) is 11.3 Å². The molecule has 1 aromatic carbocycles. The van der Waals surface area contributed by atoms with Crippen LogP contribution in [0.3, 0.4) is 0 Å². The van der Waals surface area contributed by atoms with Gasteiger partial charge >= 0.3 is 0 Å². The molecule has 4 nitrogen and oxygen atoms in total. The third kappa shape index (κ3) is 5.64. The first-order chi connectivity index (χ1) is 11.6. The Bertz CT molecular complexity index is 639. The van der Waals surface area contributed by atoms with E-state index in [2.05, 4.69) is 65.6 Å². The molecule has 5 heteroatoms. The quantitative estimate of drug-likeness (QED) is 0.599. The minimum Gasteiger partial charge on any atom is -0.356 e. The van der Waals surface area contributed by atoms with Crippen molar-refractivity contribution in [3.05, 3.63) is 51.0 Å². The number of hydrogen-bond acceptors (Lipinski definition) is 3. The Morgan fingerprint density at radius 1 is 1.04 bits per heavy atom. The highest BCUT2D eigenvalue weighted by molar-refractivity contribution is 7.11. The summed E-state index contributed by atoms with van der Waals surface area (Å²) in [6, 6.07) is 8.84. The lowest BCUT2D eigenvalue weighted by Crippen LogP contribution is -2.39. The Hall–Kier alpha value is -1.88. The molecule has 0 aliphatic rings. The smallest absolute Gasteiger partial charge is 0.191 e. The molecule has 0 aliphatic carbocycles. The second kappa shape index (κ2) is 9.42.